The normalized spacial score (nSPS) is 10.6. The number of imidazole rings is 1. The highest BCUT2D eigenvalue weighted by Gasteiger charge is 2.20. The zero-order valence-corrected chi connectivity index (χ0v) is 15.1. The average molecular weight is 366 g/mol. The first-order chi connectivity index (χ1) is 13.2. The number of carbonyl (C=O) groups is 2. The molecule has 0 atom stereocenters. The van der Waals surface area contributed by atoms with Crippen molar-refractivity contribution in [3.05, 3.63) is 60.4 Å². The Balaban J connectivity index is 1.75. The topological polar surface area (TPSA) is 84.7 Å². The molecule has 2 N–H and O–H groups in total. The molecule has 0 fully saturated rings. The highest BCUT2D eigenvalue weighted by atomic mass is 16.5. The molecule has 0 spiro atoms. The molecule has 0 radical (unpaired) electrons. The van der Waals surface area contributed by atoms with Crippen molar-refractivity contribution in [1.29, 1.82) is 0 Å². The van der Waals surface area contributed by atoms with Crippen LogP contribution in [-0.2, 0) is 4.79 Å². The van der Waals surface area contributed by atoms with Gasteiger partial charge in [0, 0.05) is 12.7 Å². The van der Waals surface area contributed by atoms with E-state index in [-0.39, 0.29) is 24.2 Å². The van der Waals surface area contributed by atoms with E-state index in [4.69, 9.17) is 4.74 Å². The maximum Gasteiger partial charge on any atom is 0.272 e. The van der Waals surface area contributed by atoms with Gasteiger partial charge in [-0.2, -0.15) is 0 Å². The first kappa shape index (κ1) is 18.4. The molecule has 3 rings (SSSR count). The van der Waals surface area contributed by atoms with Crippen LogP contribution >= 0.6 is 0 Å². The highest BCUT2D eigenvalue weighted by molar-refractivity contribution is 6.02. The summed E-state index contributed by atoms with van der Waals surface area (Å²) in [5, 5.41) is 5.55. The predicted octanol–water partition coefficient (Wildman–Crippen LogP) is 2.88. The zero-order valence-electron chi connectivity index (χ0n) is 15.1. The van der Waals surface area contributed by atoms with E-state index in [9.17, 15) is 9.59 Å². The van der Waals surface area contributed by atoms with E-state index in [0.717, 1.165) is 12.8 Å². The lowest BCUT2D eigenvalue weighted by molar-refractivity contribution is -0.118. The smallest absolute Gasteiger partial charge is 0.272 e. The summed E-state index contributed by atoms with van der Waals surface area (Å²) in [6, 6.07) is 14.5. The number of hydrogen-bond acceptors (Lipinski definition) is 4. The molecule has 7 heteroatoms. The monoisotopic (exact) mass is 366 g/mol. The number of anilines is 1. The Morgan fingerprint density at radius 1 is 1.11 bits per heavy atom. The molecule has 1 aromatic carbocycles. The Kier molecular flexibility index (Phi) is 6.04. The van der Waals surface area contributed by atoms with Gasteiger partial charge in [-0.05, 0) is 30.7 Å². The van der Waals surface area contributed by atoms with Crippen LogP contribution < -0.4 is 15.4 Å². The van der Waals surface area contributed by atoms with Crippen LogP contribution in [0.5, 0.6) is 5.75 Å². The Bertz CT molecular complexity index is 921. The molecule has 2 aromatic heterocycles. The van der Waals surface area contributed by atoms with Gasteiger partial charge in [0.25, 0.3) is 11.8 Å². The average Bonchev–Trinajstić information content (AvgIpc) is 3.05. The number of nitrogens with one attached hydrogen (secondary N) is 2. The first-order valence-corrected chi connectivity index (χ1v) is 8.92. The summed E-state index contributed by atoms with van der Waals surface area (Å²) < 4.78 is 7.11. The Morgan fingerprint density at radius 3 is 2.67 bits per heavy atom. The van der Waals surface area contributed by atoms with Crippen molar-refractivity contribution < 1.29 is 14.3 Å². The molecule has 7 nitrogen and oxygen atoms in total. The minimum atomic E-state index is -0.384. The summed E-state index contributed by atoms with van der Waals surface area (Å²) >= 11 is 0. The summed E-state index contributed by atoms with van der Waals surface area (Å²) in [5.74, 6) is 0.156. The van der Waals surface area contributed by atoms with Crippen molar-refractivity contribution in [1.82, 2.24) is 14.7 Å². The van der Waals surface area contributed by atoms with E-state index in [1.54, 1.807) is 28.8 Å². The molecule has 3 aromatic rings. The standard InChI is InChI=1S/C20H22N4O3/c1-2-3-12-21-20(26)18-19(22-16-11-7-8-13-24(16)18)23-17(25)14-27-15-9-5-4-6-10-15/h4-11,13H,2-3,12,14H2,1H3,(H,21,26)(H,23,25). The summed E-state index contributed by atoms with van der Waals surface area (Å²) in [6.45, 7) is 2.45. The number of rotatable bonds is 8. The number of nitrogens with zero attached hydrogens (tertiary/aromatic N) is 2. The van der Waals surface area contributed by atoms with Gasteiger partial charge in [0.1, 0.15) is 11.4 Å². The summed E-state index contributed by atoms with van der Waals surface area (Å²) in [7, 11) is 0. The van der Waals surface area contributed by atoms with E-state index < -0.39 is 0 Å². The molecule has 27 heavy (non-hydrogen) atoms. The Hall–Kier alpha value is -3.35. The van der Waals surface area contributed by atoms with Gasteiger partial charge in [-0.25, -0.2) is 4.98 Å². The number of carbonyl (C=O) groups excluding carboxylic acids is 2. The maximum absolute atomic E-state index is 12.6. The molecule has 0 bridgehead atoms. The molecular weight excluding hydrogens is 344 g/mol. The van der Waals surface area contributed by atoms with Gasteiger partial charge in [0.05, 0.1) is 0 Å². The minimum absolute atomic E-state index is 0.172. The fourth-order valence-electron chi connectivity index (χ4n) is 2.60. The van der Waals surface area contributed by atoms with Crippen molar-refractivity contribution in [2.75, 3.05) is 18.5 Å². The van der Waals surface area contributed by atoms with E-state index in [2.05, 4.69) is 22.5 Å². The second kappa shape index (κ2) is 8.84. The molecule has 2 amide bonds. The maximum atomic E-state index is 12.6. The minimum Gasteiger partial charge on any atom is -0.484 e. The van der Waals surface area contributed by atoms with Crippen molar-refractivity contribution >= 4 is 23.3 Å². The number of fused-ring (bicyclic) bond motifs is 1. The number of unbranched alkanes of at least 4 members (excludes halogenated alkanes) is 1. The van der Waals surface area contributed by atoms with Gasteiger partial charge in [-0.15, -0.1) is 0 Å². The quantitative estimate of drug-likeness (QED) is 0.601. The largest absolute Gasteiger partial charge is 0.484 e. The fraction of sp³-hybridized carbons (Fsp3) is 0.250. The lowest BCUT2D eigenvalue weighted by Gasteiger charge is -2.08. The van der Waals surface area contributed by atoms with Crippen LogP contribution in [0.4, 0.5) is 5.82 Å². The molecular formula is C20H22N4O3. The van der Waals surface area contributed by atoms with E-state index in [1.807, 2.05) is 30.3 Å². The zero-order chi connectivity index (χ0) is 19.1. The third-order valence-corrected chi connectivity index (χ3v) is 3.93. The van der Waals surface area contributed by atoms with Crippen LogP contribution in [0.3, 0.4) is 0 Å². The first-order valence-electron chi connectivity index (χ1n) is 8.92. The summed E-state index contributed by atoms with van der Waals surface area (Å²) in [5.41, 5.74) is 0.882. The highest BCUT2D eigenvalue weighted by Crippen LogP contribution is 2.18. The number of benzene rings is 1. The molecule has 0 aliphatic rings. The number of pyridine rings is 1. The Morgan fingerprint density at radius 2 is 1.89 bits per heavy atom. The number of aromatic nitrogens is 2. The Labute approximate surface area is 157 Å². The molecule has 0 saturated heterocycles. The van der Waals surface area contributed by atoms with Gasteiger partial charge >= 0.3 is 0 Å². The summed E-state index contributed by atoms with van der Waals surface area (Å²) in [4.78, 5) is 29.3. The molecule has 0 saturated carbocycles. The SMILES string of the molecule is CCCCNC(=O)c1c(NC(=O)COc2ccccc2)nc2ccccn12. The second-order valence-electron chi connectivity index (χ2n) is 6.00. The number of hydrogen-bond donors (Lipinski definition) is 2. The van der Waals surface area contributed by atoms with E-state index in [0.29, 0.717) is 23.6 Å². The molecule has 0 aliphatic heterocycles. The number of amides is 2. The fourth-order valence-corrected chi connectivity index (χ4v) is 2.60. The van der Waals surface area contributed by atoms with Gasteiger partial charge in [-0.1, -0.05) is 37.6 Å². The lowest BCUT2D eigenvalue weighted by atomic mass is 10.3. The molecule has 140 valence electrons. The van der Waals surface area contributed by atoms with Crippen LogP contribution in [0.25, 0.3) is 5.65 Å². The van der Waals surface area contributed by atoms with Crippen molar-refractivity contribution in [3.63, 3.8) is 0 Å². The van der Waals surface area contributed by atoms with Crippen molar-refractivity contribution in [2.24, 2.45) is 0 Å². The second-order valence-corrected chi connectivity index (χ2v) is 6.00. The van der Waals surface area contributed by atoms with Crippen LogP contribution in [0, 0.1) is 0 Å². The lowest BCUT2D eigenvalue weighted by Crippen LogP contribution is -2.28. The summed E-state index contributed by atoms with van der Waals surface area (Å²) in [6.07, 6.45) is 3.61. The van der Waals surface area contributed by atoms with Crippen LogP contribution in [0.1, 0.15) is 30.3 Å². The van der Waals surface area contributed by atoms with Gasteiger partial charge in [-0.3, -0.25) is 14.0 Å². The van der Waals surface area contributed by atoms with E-state index in [1.165, 1.54) is 0 Å². The molecule has 2 heterocycles. The van der Waals surface area contributed by atoms with Crippen molar-refractivity contribution in [3.8, 4) is 5.75 Å². The molecule has 0 aliphatic carbocycles. The third kappa shape index (κ3) is 4.63. The van der Waals surface area contributed by atoms with E-state index >= 15 is 0 Å². The number of ether oxygens (including phenoxy) is 1. The predicted molar refractivity (Wildman–Crippen MR) is 103 cm³/mol. The number of para-hydroxylation sites is 1. The van der Waals surface area contributed by atoms with Gasteiger partial charge in [0.15, 0.2) is 18.1 Å². The van der Waals surface area contributed by atoms with Gasteiger partial charge < -0.3 is 15.4 Å². The van der Waals surface area contributed by atoms with Crippen LogP contribution in [0.2, 0.25) is 0 Å². The van der Waals surface area contributed by atoms with Crippen LogP contribution in [0.15, 0.2) is 54.7 Å². The van der Waals surface area contributed by atoms with Gasteiger partial charge in [0.2, 0.25) is 0 Å². The van der Waals surface area contributed by atoms with Crippen LogP contribution in [-0.4, -0.2) is 34.4 Å². The van der Waals surface area contributed by atoms with Crippen molar-refractivity contribution in [2.45, 2.75) is 19.8 Å². The molecule has 0 unspecified atom stereocenters. The third-order valence-electron chi connectivity index (χ3n) is 3.93.